The van der Waals surface area contributed by atoms with E-state index in [1.807, 2.05) is 0 Å². The average Bonchev–Trinajstić information content (AvgIpc) is 2.16. The third kappa shape index (κ3) is 2.43. The van der Waals surface area contributed by atoms with Crippen molar-refractivity contribution in [2.24, 2.45) is 0 Å². The lowest BCUT2D eigenvalue weighted by Crippen LogP contribution is -2.12. The highest BCUT2D eigenvalue weighted by Crippen LogP contribution is 2.25. The van der Waals surface area contributed by atoms with E-state index in [4.69, 9.17) is 17.3 Å². The van der Waals surface area contributed by atoms with Crippen LogP contribution in [0.4, 0.5) is 5.69 Å². The van der Waals surface area contributed by atoms with Crippen molar-refractivity contribution in [2.75, 3.05) is 11.5 Å². The van der Waals surface area contributed by atoms with E-state index in [-0.39, 0.29) is 21.9 Å². The van der Waals surface area contributed by atoms with E-state index in [9.17, 15) is 13.2 Å². The molecule has 1 aromatic carbocycles. The van der Waals surface area contributed by atoms with E-state index in [2.05, 4.69) is 6.58 Å². The summed E-state index contributed by atoms with van der Waals surface area (Å²) in [6.45, 7) is 3.34. The summed E-state index contributed by atoms with van der Waals surface area (Å²) in [6, 6.07) is 4.19. The number of halogens is 1. The molecule has 0 spiro atoms. The molecule has 0 aliphatic rings. The molecule has 0 unspecified atom stereocenters. The van der Waals surface area contributed by atoms with E-state index >= 15 is 0 Å². The predicted molar refractivity (Wildman–Crippen MR) is 63.3 cm³/mol. The van der Waals surface area contributed by atoms with Gasteiger partial charge in [-0.05, 0) is 23.7 Å². The zero-order chi connectivity index (χ0) is 12.3. The molecule has 0 saturated carbocycles. The maximum atomic E-state index is 11.8. The van der Waals surface area contributed by atoms with Gasteiger partial charge in [-0.25, -0.2) is 8.42 Å². The fourth-order valence-corrected chi connectivity index (χ4v) is 2.91. The summed E-state index contributed by atoms with van der Waals surface area (Å²) < 4.78 is 23.6. The van der Waals surface area contributed by atoms with Crippen LogP contribution in [0, 0.1) is 0 Å². The van der Waals surface area contributed by atoms with Gasteiger partial charge in [0.1, 0.15) is 4.90 Å². The topological polar surface area (TPSA) is 77.2 Å². The Kier molecular flexibility index (Phi) is 3.72. The number of sulfone groups is 1. The van der Waals surface area contributed by atoms with Gasteiger partial charge in [-0.3, -0.25) is 4.79 Å². The molecule has 0 radical (unpaired) electrons. The first-order valence-electron chi connectivity index (χ1n) is 4.32. The Balaban J connectivity index is 3.54. The summed E-state index contributed by atoms with van der Waals surface area (Å²) in [5.74, 6) is -0.293. The first kappa shape index (κ1) is 12.7. The summed E-state index contributed by atoms with van der Waals surface area (Å²) in [5, 5.41) is -0.852. The molecule has 4 nitrogen and oxygen atoms in total. The van der Waals surface area contributed by atoms with Crippen LogP contribution >= 0.6 is 11.6 Å². The fourth-order valence-electron chi connectivity index (χ4n) is 1.30. The van der Waals surface area contributed by atoms with Crippen molar-refractivity contribution in [3.63, 3.8) is 0 Å². The number of anilines is 1. The second-order valence-corrected chi connectivity index (χ2v) is 5.38. The Bertz CT molecular complexity index is 537. The zero-order valence-corrected chi connectivity index (χ0v) is 9.88. The minimum atomic E-state index is -3.67. The van der Waals surface area contributed by atoms with Crippen LogP contribution in [0.3, 0.4) is 0 Å². The Labute approximate surface area is 98.6 Å². The van der Waals surface area contributed by atoms with Crippen LogP contribution in [0.2, 0.25) is 0 Å². The number of carbonyl (C=O) groups is 1. The Morgan fingerprint density at radius 1 is 1.50 bits per heavy atom. The van der Waals surface area contributed by atoms with Gasteiger partial charge in [0.05, 0.1) is 17.0 Å². The van der Waals surface area contributed by atoms with Gasteiger partial charge in [-0.15, -0.1) is 6.58 Å². The van der Waals surface area contributed by atoms with Gasteiger partial charge in [0.15, 0.2) is 9.84 Å². The van der Waals surface area contributed by atoms with E-state index in [0.717, 1.165) is 0 Å². The molecule has 0 fully saturated rings. The van der Waals surface area contributed by atoms with Crippen molar-refractivity contribution in [1.29, 1.82) is 0 Å². The van der Waals surface area contributed by atoms with Gasteiger partial charge in [0.2, 0.25) is 0 Å². The van der Waals surface area contributed by atoms with Crippen LogP contribution in [0.15, 0.2) is 35.7 Å². The van der Waals surface area contributed by atoms with Crippen molar-refractivity contribution in [3.05, 3.63) is 36.4 Å². The number of nitrogen functional groups attached to an aromatic ring is 1. The minimum Gasteiger partial charge on any atom is -0.398 e. The Morgan fingerprint density at radius 2 is 2.12 bits per heavy atom. The molecule has 0 aliphatic carbocycles. The van der Waals surface area contributed by atoms with Crippen LogP contribution in [0.1, 0.15) is 10.4 Å². The van der Waals surface area contributed by atoms with Crippen LogP contribution in [0.25, 0.3) is 0 Å². The quantitative estimate of drug-likeness (QED) is 0.506. The molecule has 0 saturated heterocycles. The minimum absolute atomic E-state index is 0.00773. The lowest BCUT2D eigenvalue weighted by molar-refractivity contribution is 0.107. The standard InChI is InChI=1S/C10H10ClNO3S/c1-2-6-16(14,15)9-7(10(11)13)4-3-5-8(9)12/h2-5H,1,6,12H2. The fraction of sp³-hybridized carbons (Fsp3) is 0.100. The largest absolute Gasteiger partial charge is 0.398 e. The smallest absolute Gasteiger partial charge is 0.253 e. The van der Waals surface area contributed by atoms with Crippen LogP contribution < -0.4 is 5.73 Å². The molecule has 1 rings (SSSR count). The third-order valence-corrected chi connectivity index (χ3v) is 3.86. The molecule has 1 aromatic rings. The lowest BCUT2D eigenvalue weighted by atomic mass is 10.2. The summed E-state index contributed by atoms with van der Waals surface area (Å²) in [6.07, 6.45) is 1.23. The van der Waals surface area contributed by atoms with Gasteiger partial charge in [-0.2, -0.15) is 0 Å². The number of nitrogens with two attached hydrogens (primary N) is 1. The van der Waals surface area contributed by atoms with E-state index in [1.165, 1.54) is 24.3 Å². The molecule has 6 heteroatoms. The molecule has 16 heavy (non-hydrogen) atoms. The molecule has 2 N–H and O–H groups in total. The van der Waals surface area contributed by atoms with Gasteiger partial charge in [-0.1, -0.05) is 12.1 Å². The Morgan fingerprint density at radius 3 is 2.62 bits per heavy atom. The van der Waals surface area contributed by atoms with Gasteiger partial charge in [0, 0.05) is 0 Å². The number of rotatable bonds is 4. The summed E-state index contributed by atoms with van der Waals surface area (Å²) in [4.78, 5) is 10.9. The third-order valence-electron chi connectivity index (χ3n) is 1.91. The number of hydrogen-bond acceptors (Lipinski definition) is 4. The molecule has 0 bridgehead atoms. The lowest BCUT2D eigenvalue weighted by Gasteiger charge is -2.08. The van der Waals surface area contributed by atoms with Gasteiger partial charge < -0.3 is 5.73 Å². The number of benzene rings is 1. The van der Waals surface area contributed by atoms with Crippen molar-refractivity contribution in [2.45, 2.75) is 4.90 Å². The van der Waals surface area contributed by atoms with Crippen LogP contribution in [-0.2, 0) is 9.84 Å². The molecular weight excluding hydrogens is 250 g/mol. The molecule has 0 heterocycles. The van der Waals surface area contributed by atoms with Crippen molar-refractivity contribution in [3.8, 4) is 0 Å². The highest BCUT2D eigenvalue weighted by molar-refractivity contribution is 7.91. The molecular formula is C10H10ClNO3S. The summed E-state index contributed by atoms with van der Waals surface area (Å²) in [7, 11) is -3.67. The number of hydrogen-bond donors (Lipinski definition) is 1. The van der Waals surface area contributed by atoms with Crippen molar-refractivity contribution in [1.82, 2.24) is 0 Å². The van der Waals surface area contributed by atoms with E-state index in [1.54, 1.807) is 0 Å². The van der Waals surface area contributed by atoms with Crippen molar-refractivity contribution < 1.29 is 13.2 Å². The first-order valence-corrected chi connectivity index (χ1v) is 6.35. The zero-order valence-electron chi connectivity index (χ0n) is 8.31. The van der Waals surface area contributed by atoms with E-state index in [0.29, 0.717) is 0 Å². The summed E-state index contributed by atoms with van der Waals surface area (Å²) >= 11 is 5.30. The molecule has 86 valence electrons. The van der Waals surface area contributed by atoms with Gasteiger partial charge >= 0.3 is 0 Å². The van der Waals surface area contributed by atoms with Crippen molar-refractivity contribution >= 4 is 32.4 Å². The highest BCUT2D eigenvalue weighted by atomic mass is 35.5. The van der Waals surface area contributed by atoms with Crippen LogP contribution in [0.5, 0.6) is 0 Å². The monoisotopic (exact) mass is 259 g/mol. The van der Waals surface area contributed by atoms with Gasteiger partial charge in [0.25, 0.3) is 5.24 Å². The molecule has 0 atom stereocenters. The molecule has 0 aromatic heterocycles. The average molecular weight is 260 g/mol. The second-order valence-electron chi connectivity index (χ2n) is 3.07. The normalized spacial score (nSPS) is 11.1. The highest BCUT2D eigenvalue weighted by Gasteiger charge is 2.23. The molecule has 0 amide bonds. The molecule has 0 aliphatic heterocycles. The number of carbonyl (C=O) groups excluding carboxylic acids is 1. The SMILES string of the molecule is C=CCS(=O)(=O)c1c(N)cccc1C(=O)Cl. The predicted octanol–water partition coefficient (Wildman–Crippen LogP) is 1.61. The van der Waals surface area contributed by atoms with Crippen LogP contribution in [-0.4, -0.2) is 19.4 Å². The maximum absolute atomic E-state index is 11.8. The Hall–Kier alpha value is -1.33. The summed E-state index contributed by atoms with van der Waals surface area (Å²) in [5.41, 5.74) is 5.45. The second kappa shape index (κ2) is 4.67. The van der Waals surface area contributed by atoms with E-state index < -0.39 is 15.1 Å². The first-order chi connectivity index (χ1) is 7.40. The maximum Gasteiger partial charge on any atom is 0.253 e.